The lowest BCUT2D eigenvalue weighted by Crippen LogP contribution is -2.29. The van der Waals surface area contributed by atoms with Crippen molar-refractivity contribution in [3.8, 4) is 0 Å². The number of nitrogens with one attached hydrogen (secondary N) is 1. The summed E-state index contributed by atoms with van der Waals surface area (Å²) in [7, 11) is 0. The van der Waals surface area contributed by atoms with Gasteiger partial charge < -0.3 is 14.1 Å². The molecule has 0 spiro atoms. The third kappa shape index (κ3) is 3.92. The van der Waals surface area contributed by atoms with Gasteiger partial charge in [0, 0.05) is 0 Å². The lowest BCUT2D eigenvalue weighted by molar-refractivity contribution is 0.0526. The van der Waals surface area contributed by atoms with Gasteiger partial charge in [0.2, 0.25) is 5.71 Å². The zero-order valence-corrected chi connectivity index (χ0v) is 14.9. The number of nitrogens with zero attached hydrogens (tertiary/aromatic N) is 2. The molecule has 136 valence electrons. The fraction of sp³-hybridized carbons (Fsp3) is 0.611. The third-order valence-electron chi connectivity index (χ3n) is 4.59. The topological polar surface area (TPSA) is 88.4 Å². The molecule has 1 aliphatic rings. The van der Waals surface area contributed by atoms with Crippen LogP contribution in [0.25, 0.3) is 11.1 Å². The highest BCUT2D eigenvalue weighted by molar-refractivity contribution is 6.03. The minimum atomic E-state index is -0.553. The molecule has 2 aromatic rings. The van der Waals surface area contributed by atoms with E-state index in [0.29, 0.717) is 18.1 Å². The van der Waals surface area contributed by atoms with E-state index < -0.39 is 5.97 Å². The van der Waals surface area contributed by atoms with Crippen molar-refractivity contribution in [3.05, 3.63) is 27.5 Å². The van der Waals surface area contributed by atoms with Crippen LogP contribution in [0.2, 0.25) is 0 Å². The largest absolute Gasteiger partial charge is 0.462 e. The lowest BCUT2D eigenvalue weighted by Gasteiger charge is -2.23. The molecule has 0 saturated carbocycles. The summed E-state index contributed by atoms with van der Waals surface area (Å²) >= 11 is 0. The summed E-state index contributed by atoms with van der Waals surface area (Å²) in [5.41, 5.74) is 0.0155. The molecule has 0 aromatic carbocycles. The van der Waals surface area contributed by atoms with Gasteiger partial charge in [-0.15, -0.1) is 0 Å². The number of fused-ring (bicyclic) bond motifs is 1. The van der Waals surface area contributed by atoms with Crippen molar-refractivity contribution in [3.63, 3.8) is 0 Å². The Kier molecular flexibility index (Phi) is 5.53. The second-order valence-electron chi connectivity index (χ2n) is 6.49. The fourth-order valence-electron chi connectivity index (χ4n) is 3.37. The number of carbonyl (C=O) groups excluding carboxylic acids is 1. The Labute approximate surface area is 146 Å². The van der Waals surface area contributed by atoms with E-state index in [1.54, 1.807) is 13.8 Å². The Balaban J connectivity index is 1.89. The van der Waals surface area contributed by atoms with Crippen molar-refractivity contribution in [2.45, 2.75) is 52.5 Å². The first-order chi connectivity index (χ1) is 12.1. The fourth-order valence-corrected chi connectivity index (χ4v) is 3.37. The minimum Gasteiger partial charge on any atom is -0.462 e. The number of likely N-dealkylation sites (tertiary alicyclic amines) is 1. The second kappa shape index (κ2) is 7.82. The number of hydrogen-bond donors (Lipinski definition) is 1. The molecular formula is C18H25N3O4. The summed E-state index contributed by atoms with van der Waals surface area (Å²) < 4.78 is 10.6. The van der Waals surface area contributed by atoms with Crippen LogP contribution in [0, 0.1) is 6.92 Å². The van der Waals surface area contributed by atoms with Crippen LogP contribution in [0.5, 0.6) is 0 Å². The van der Waals surface area contributed by atoms with Gasteiger partial charge in [-0.25, -0.2) is 4.79 Å². The molecule has 0 unspecified atom stereocenters. The van der Waals surface area contributed by atoms with Crippen LogP contribution < -0.4 is 5.56 Å². The zero-order chi connectivity index (χ0) is 17.8. The summed E-state index contributed by atoms with van der Waals surface area (Å²) in [6.45, 7) is 6.20. The molecule has 0 amide bonds. The summed E-state index contributed by atoms with van der Waals surface area (Å²) in [5.74, 6) is 0.375. The van der Waals surface area contributed by atoms with Crippen LogP contribution in [0.1, 0.15) is 61.0 Å². The SMILES string of the molecule is CCOC(=O)c1c(C)oc2nc(CN3CCCCCCC3)[nH]c(=O)c12. The number of ether oxygens (including phenoxy) is 1. The average molecular weight is 347 g/mol. The number of hydrogen-bond acceptors (Lipinski definition) is 6. The quantitative estimate of drug-likeness (QED) is 0.856. The standard InChI is InChI=1S/C18H25N3O4/c1-3-24-18(23)14-12(2)25-17-15(14)16(22)19-13(20-17)11-21-9-7-5-4-6-8-10-21/h3-11H2,1-2H3,(H,19,20,22). The molecule has 1 N–H and O–H groups in total. The number of carbonyl (C=O) groups is 1. The maximum Gasteiger partial charge on any atom is 0.342 e. The molecule has 3 heterocycles. The van der Waals surface area contributed by atoms with Crippen molar-refractivity contribution in [2.24, 2.45) is 0 Å². The molecule has 0 bridgehead atoms. The van der Waals surface area contributed by atoms with E-state index in [9.17, 15) is 9.59 Å². The van der Waals surface area contributed by atoms with Gasteiger partial charge in [0.25, 0.3) is 5.56 Å². The second-order valence-corrected chi connectivity index (χ2v) is 6.49. The van der Waals surface area contributed by atoms with Gasteiger partial charge in [0.05, 0.1) is 13.2 Å². The summed E-state index contributed by atoms with van der Waals surface area (Å²) in [6, 6.07) is 0. The van der Waals surface area contributed by atoms with Gasteiger partial charge in [-0.1, -0.05) is 19.3 Å². The summed E-state index contributed by atoms with van der Waals surface area (Å²) in [5, 5.41) is 0.173. The number of aromatic amines is 1. The van der Waals surface area contributed by atoms with Crippen LogP contribution in [0.3, 0.4) is 0 Å². The van der Waals surface area contributed by atoms with Crippen LogP contribution in [0.15, 0.2) is 9.21 Å². The molecule has 0 radical (unpaired) electrons. The van der Waals surface area contributed by atoms with E-state index in [-0.39, 0.29) is 28.8 Å². The normalized spacial score (nSPS) is 16.6. The molecule has 0 atom stereocenters. The zero-order valence-electron chi connectivity index (χ0n) is 14.9. The predicted molar refractivity (Wildman–Crippen MR) is 93.7 cm³/mol. The smallest absolute Gasteiger partial charge is 0.342 e. The van der Waals surface area contributed by atoms with Gasteiger partial charge in [-0.2, -0.15) is 4.98 Å². The van der Waals surface area contributed by atoms with Crippen LogP contribution >= 0.6 is 0 Å². The molecule has 0 aliphatic carbocycles. The highest BCUT2D eigenvalue weighted by Crippen LogP contribution is 2.22. The molecule has 1 saturated heterocycles. The number of furan rings is 1. The van der Waals surface area contributed by atoms with Gasteiger partial charge in [-0.05, 0) is 39.8 Å². The van der Waals surface area contributed by atoms with Crippen LogP contribution in [0.4, 0.5) is 0 Å². The Hall–Kier alpha value is -2.15. The predicted octanol–water partition coefficient (Wildman–Crippen LogP) is 2.77. The van der Waals surface area contributed by atoms with Crippen LogP contribution in [-0.4, -0.2) is 40.5 Å². The first kappa shape index (κ1) is 17.7. The Morgan fingerprint density at radius 3 is 2.60 bits per heavy atom. The van der Waals surface area contributed by atoms with E-state index in [2.05, 4.69) is 14.9 Å². The van der Waals surface area contributed by atoms with E-state index in [0.717, 1.165) is 13.1 Å². The van der Waals surface area contributed by atoms with Gasteiger partial charge in [-0.3, -0.25) is 9.69 Å². The van der Waals surface area contributed by atoms with Crippen molar-refractivity contribution in [1.82, 2.24) is 14.9 Å². The highest BCUT2D eigenvalue weighted by Gasteiger charge is 2.24. The Morgan fingerprint density at radius 2 is 1.92 bits per heavy atom. The maximum absolute atomic E-state index is 12.5. The number of aryl methyl sites for hydroxylation is 1. The number of esters is 1. The third-order valence-corrected chi connectivity index (χ3v) is 4.59. The first-order valence-corrected chi connectivity index (χ1v) is 9.02. The van der Waals surface area contributed by atoms with E-state index >= 15 is 0 Å². The monoisotopic (exact) mass is 347 g/mol. The van der Waals surface area contributed by atoms with Gasteiger partial charge in [0.1, 0.15) is 22.5 Å². The first-order valence-electron chi connectivity index (χ1n) is 9.02. The van der Waals surface area contributed by atoms with Gasteiger partial charge >= 0.3 is 5.97 Å². The highest BCUT2D eigenvalue weighted by atomic mass is 16.5. The molecule has 1 aliphatic heterocycles. The average Bonchev–Trinajstić information content (AvgIpc) is 2.86. The lowest BCUT2D eigenvalue weighted by atomic mass is 10.1. The molecule has 1 fully saturated rings. The molecule has 3 rings (SSSR count). The van der Waals surface area contributed by atoms with Crippen molar-refractivity contribution in [2.75, 3.05) is 19.7 Å². The summed E-state index contributed by atoms with van der Waals surface area (Å²) in [4.78, 5) is 34.2. The molecule has 2 aromatic heterocycles. The Bertz CT molecular complexity index is 800. The molecular weight excluding hydrogens is 322 g/mol. The number of H-pyrrole nitrogens is 1. The van der Waals surface area contributed by atoms with Crippen molar-refractivity contribution in [1.29, 1.82) is 0 Å². The van der Waals surface area contributed by atoms with E-state index in [1.807, 2.05) is 0 Å². The summed E-state index contributed by atoms with van der Waals surface area (Å²) in [6.07, 6.45) is 6.13. The molecule has 7 nitrogen and oxygen atoms in total. The van der Waals surface area contributed by atoms with Crippen LogP contribution in [-0.2, 0) is 11.3 Å². The van der Waals surface area contributed by atoms with Gasteiger partial charge in [0.15, 0.2) is 0 Å². The van der Waals surface area contributed by atoms with E-state index in [4.69, 9.17) is 9.15 Å². The number of rotatable bonds is 4. The molecule has 7 heteroatoms. The van der Waals surface area contributed by atoms with Crippen molar-refractivity contribution < 1.29 is 13.9 Å². The maximum atomic E-state index is 12.5. The minimum absolute atomic E-state index is 0.170. The van der Waals surface area contributed by atoms with E-state index in [1.165, 1.54) is 32.1 Å². The molecule has 25 heavy (non-hydrogen) atoms. The van der Waals surface area contributed by atoms with Crippen molar-refractivity contribution >= 4 is 17.1 Å². The Morgan fingerprint density at radius 1 is 1.24 bits per heavy atom. The number of aromatic nitrogens is 2.